The van der Waals surface area contributed by atoms with Crippen LogP contribution in [0, 0.1) is 0 Å². The van der Waals surface area contributed by atoms with Gasteiger partial charge in [-0.15, -0.1) is 0 Å². The maximum atomic E-state index is 12.1. The topological polar surface area (TPSA) is 38.1 Å². The first-order valence-electron chi connectivity index (χ1n) is 6.93. The molecule has 0 fully saturated rings. The van der Waals surface area contributed by atoms with Crippen molar-refractivity contribution in [1.29, 1.82) is 0 Å². The molecular weight excluding hydrogens is 250 g/mol. The van der Waals surface area contributed by atoms with Crippen molar-refractivity contribution in [2.45, 2.75) is 26.2 Å². The molecule has 1 aromatic heterocycles. The molecule has 20 heavy (non-hydrogen) atoms. The van der Waals surface area contributed by atoms with Crippen LogP contribution in [0.15, 0.2) is 36.7 Å². The van der Waals surface area contributed by atoms with E-state index in [1.807, 2.05) is 21.0 Å². The largest absolute Gasteiger partial charge is 0.378 e. The van der Waals surface area contributed by atoms with Gasteiger partial charge in [-0.2, -0.15) is 0 Å². The van der Waals surface area contributed by atoms with Crippen LogP contribution in [0.3, 0.4) is 0 Å². The van der Waals surface area contributed by atoms with Gasteiger partial charge in [0, 0.05) is 45.0 Å². The van der Waals surface area contributed by atoms with Crippen molar-refractivity contribution >= 4 is 11.6 Å². The van der Waals surface area contributed by atoms with Crippen LogP contribution in [0.5, 0.6) is 0 Å². The minimum Gasteiger partial charge on any atom is -0.378 e. The zero-order chi connectivity index (χ0) is 14.5. The zero-order valence-corrected chi connectivity index (χ0v) is 12.3. The molecule has 0 aliphatic heterocycles. The summed E-state index contributed by atoms with van der Waals surface area (Å²) in [5.74, 6) is 0.939. The Bertz CT molecular complexity index is 570. The molecule has 1 heterocycles. The van der Waals surface area contributed by atoms with Crippen molar-refractivity contribution in [3.63, 3.8) is 0 Å². The molecule has 4 heteroatoms. The average Bonchev–Trinajstić information content (AvgIpc) is 2.93. The van der Waals surface area contributed by atoms with Gasteiger partial charge in [-0.1, -0.05) is 19.1 Å². The maximum absolute atomic E-state index is 12.1. The number of imidazole rings is 1. The van der Waals surface area contributed by atoms with Gasteiger partial charge in [0.2, 0.25) is 5.91 Å². The number of hydrogen-bond acceptors (Lipinski definition) is 3. The number of nitrogens with zero attached hydrogens (tertiary/aromatic N) is 3. The first-order chi connectivity index (χ1) is 9.61. The smallest absolute Gasteiger partial charge is 0.232 e. The van der Waals surface area contributed by atoms with Crippen LogP contribution in [0.25, 0.3) is 0 Å². The highest BCUT2D eigenvalue weighted by molar-refractivity contribution is 5.79. The summed E-state index contributed by atoms with van der Waals surface area (Å²) in [4.78, 5) is 18.4. The maximum Gasteiger partial charge on any atom is 0.232 e. The van der Waals surface area contributed by atoms with Crippen LogP contribution in [0.1, 0.15) is 29.5 Å². The molecule has 0 saturated heterocycles. The van der Waals surface area contributed by atoms with Crippen molar-refractivity contribution in [2.24, 2.45) is 0 Å². The van der Waals surface area contributed by atoms with Crippen LogP contribution in [-0.4, -0.2) is 29.6 Å². The number of rotatable bonds is 5. The van der Waals surface area contributed by atoms with Crippen molar-refractivity contribution in [3.05, 3.63) is 48.0 Å². The van der Waals surface area contributed by atoms with Gasteiger partial charge in [-0.25, -0.2) is 4.98 Å². The summed E-state index contributed by atoms with van der Waals surface area (Å²) < 4.78 is 1.66. The molecule has 0 atom stereocenters. The SMILES string of the molecule is CCc1nccn1C(=O)CCc1ccc(N(C)C)cc1. The predicted molar refractivity (Wildman–Crippen MR) is 81.3 cm³/mol. The standard InChI is InChI=1S/C16H21N3O/c1-4-15-17-11-12-19(15)16(20)10-7-13-5-8-14(9-6-13)18(2)3/h5-6,8-9,11-12H,4,7,10H2,1-3H3. The Morgan fingerprint density at radius 3 is 2.55 bits per heavy atom. The Kier molecular flexibility index (Phi) is 4.56. The summed E-state index contributed by atoms with van der Waals surface area (Å²) in [5.41, 5.74) is 2.35. The Balaban J connectivity index is 1.96. The lowest BCUT2D eigenvalue weighted by molar-refractivity contribution is 0.0899. The van der Waals surface area contributed by atoms with Gasteiger partial charge < -0.3 is 4.90 Å². The molecule has 0 unspecified atom stereocenters. The molecule has 0 radical (unpaired) electrons. The third-order valence-electron chi connectivity index (χ3n) is 3.38. The quantitative estimate of drug-likeness (QED) is 0.839. The predicted octanol–water partition coefficient (Wildman–Crippen LogP) is 2.78. The Morgan fingerprint density at radius 1 is 1.25 bits per heavy atom. The number of aryl methyl sites for hydroxylation is 2. The fraction of sp³-hybridized carbons (Fsp3) is 0.375. The molecule has 0 saturated carbocycles. The molecule has 0 spiro atoms. The van der Waals surface area contributed by atoms with E-state index >= 15 is 0 Å². The summed E-state index contributed by atoms with van der Waals surface area (Å²) in [6.45, 7) is 2.01. The second-order valence-electron chi connectivity index (χ2n) is 5.02. The number of carbonyl (C=O) groups excluding carboxylic acids is 1. The summed E-state index contributed by atoms with van der Waals surface area (Å²) in [7, 11) is 4.04. The van der Waals surface area contributed by atoms with E-state index in [2.05, 4.69) is 34.1 Å². The van der Waals surface area contributed by atoms with E-state index in [-0.39, 0.29) is 5.91 Å². The van der Waals surface area contributed by atoms with Gasteiger partial charge in [-0.05, 0) is 24.1 Å². The van der Waals surface area contributed by atoms with Gasteiger partial charge in [0.05, 0.1) is 0 Å². The number of aromatic nitrogens is 2. The molecular formula is C16H21N3O. The third kappa shape index (κ3) is 3.26. The van der Waals surface area contributed by atoms with Crippen LogP contribution >= 0.6 is 0 Å². The van der Waals surface area contributed by atoms with Crippen LogP contribution in [0.4, 0.5) is 5.69 Å². The number of anilines is 1. The van der Waals surface area contributed by atoms with E-state index in [0.29, 0.717) is 6.42 Å². The molecule has 106 valence electrons. The van der Waals surface area contributed by atoms with E-state index in [0.717, 1.165) is 18.7 Å². The van der Waals surface area contributed by atoms with Crippen LogP contribution < -0.4 is 4.90 Å². The van der Waals surface area contributed by atoms with Crippen molar-refractivity contribution in [2.75, 3.05) is 19.0 Å². The van der Waals surface area contributed by atoms with Crippen molar-refractivity contribution in [1.82, 2.24) is 9.55 Å². The molecule has 0 amide bonds. The van der Waals surface area contributed by atoms with Gasteiger partial charge in [0.25, 0.3) is 0 Å². The van der Waals surface area contributed by atoms with Crippen molar-refractivity contribution in [3.8, 4) is 0 Å². The number of benzene rings is 1. The molecule has 0 aliphatic carbocycles. The Hall–Kier alpha value is -2.10. The lowest BCUT2D eigenvalue weighted by Crippen LogP contribution is -2.13. The van der Waals surface area contributed by atoms with E-state index < -0.39 is 0 Å². The fourth-order valence-electron chi connectivity index (χ4n) is 2.16. The number of carbonyl (C=O) groups is 1. The summed E-state index contributed by atoms with van der Waals surface area (Å²) in [6, 6.07) is 8.32. The molecule has 0 aliphatic rings. The lowest BCUT2D eigenvalue weighted by Gasteiger charge is -2.12. The number of hydrogen-bond donors (Lipinski definition) is 0. The monoisotopic (exact) mass is 271 g/mol. The molecule has 1 aromatic carbocycles. The normalized spacial score (nSPS) is 10.6. The lowest BCUT2D eigenvalue weighted by atomic mass is 10.1. The first kappa shape index (κ1) is 14.3. The van der Waals surface area contributed by atoms with Crippen molar-refractivity contribution < 1.29 is 4.79 Å². The average molecular weight is 271 g/mol. The van der Waals surface area contributed by atoms with Crippen LogP contribution in [0.2, 0.25) is 0 Å². The highest BCUT2D eigenvalue weighted by Crippen LogP contribution is 2.14. The van der Waals surface area contributed by atoms with E-state index in [4.69, 9.17) is 0 Å². The van der Waals surface area contributed by atoms with Gasteiger partial charge in [-0.3, -0.25) is 9.36 Å². The Labute approximate surface area is 120 Å². The highest BCUT2D eigenvalue weighted by Gasteiger charge is 2.09. The summed E-state index contributed by atoms with van der Waals surface area (Å²) in [6.07, 6.45) is 5.47. The molecule has 2 rings (SSSR count). The minimum absolute atomic E-state index is 0.107. The van der Waals surface area contributed by atoms with E-state index in [9.17, 15) is 4.79 Å². The third-order valence-corrected chi connectivity index (χ3v) is 3.38. The minimum atomic E-state index is 0.107. The summed E-state index contributed by atoms with van der Waals surface area (Å²) in [5, 5.41) is 0. The Morgan fingerprint density at radius 2 is 1.95 bits per heavy atom. The van der Waals surface area contributed by atoms with Gasteiger partial charge >= 0.3 is 0 Å². The van der Waals surface area contributed by atoms with Gasteiger partial charge in [0.1, 0.15) is 5.82 Å². The molecule has 2 aromatic rings. The molecule has 4 nitrogen and oxygen atoms in total. The highest BCUT2D eigenvalue weighted by atomic mass is 16.2. The van der Waals surface area contributed by atoms with Gasteiger partial charge in [0.15, 0.2) is 0 Å². The van der Waals surface area contributed by atoms with Crippen LogP contribution in [-0.2, 0) is 12.8 Å². The molecule has 0 N–H and O–H groups in total. The first-order valence-corrected chi connectivity index (χ1v) is 6.93. The fourth-order valence-corrected chi connectivity index (χ4v) is 2.16. The second kappa shape index (κ2) is 6.37. The summed E-state index contributed by atoms with van der Waals surface area (Å²) >= 11 is 0. The zero-order valence-electron chi connectivity index (χ0n) is 12.3. The second-order valence-corrected chi connectivity index (χ2v) is 5.02. The van der Waals surface area contributed by atoms with E-state index in [1.54, 1.807) is 17.0 Å². The van der Waals surface area contributed by atoms with E-state index in [1.165, 1.54) is 11.3 Å². The molecule has 0 bridgehead atoms.